The van der Waals surface area contributed by atoms with Gasteiger partial charge in [-0.05, 0) is 6.42 Å². The first-order chi connectivity index (χ1) is 6.51. The molecule has 0 aromatic carbocycles. The zero-order valence-electron chi connectivity index (χ0n) is 11.1. The van der Waals surface area contributed by atoms with Crippen LogP contribution in [-0.4, -0.2) is 10.9 Å². The summed E-state index contributed by atoms with van der Waals surface area (Å²) in [4.78, 5) is 12.1. The molecule has 0 bridgehead atoms. The Bertz CT molecular complexity index is 272. The standard InChI is InChI=1S/C13H24O2/c1-8-9(10(14)12(2,3)4)11(15)13(5,6)7/h14H,8H2,1-7H3/b10-9-. The van der Waals surface area contributed by atoms with Crippen molar-refractivity contribution in [3.05, 3.63) is 11.3 Å². The first-order valence-corrected chi connectivity index (χ1v) is 5.49. The molecule has 0 heterocycles. The van der Waals surface area contributed by atoms with Crippen LogP contribution in [-0.2, 0) is 4.79 Å². The van der Waals surface area contributed by atoms with Crippen LogP contribution in [0.4, 0.5) is 0 Å². The molecular formula is C13H24O2. The Hall–Kier alpha value is -0.790. The predicted molar refractivity (Wildman–Crippen MR) is 63.9 cm³/mol. The lowest BCUT2D eigenvalue weighted by Gasteiger charge is -2.24. The molecule has 2 heteroatoms. The number of aliphatic hydroxyl groups is 1. The van der Waals surface area contributed by atoms with Crippen LogP contribution in [0.5, 0.6) is 0 Å². The van der Waals surface area contributed by atoms with Gasteiger partial charge in [0.05, 0.1) is 0 Å². The first-order valence-electron chi connectivity index (χ1n) is 5.49. The molecule has 0 amide bonds. The molecule has 0 fully saturated rings. The number of ketones is 1. The number of allylic oxidation sites excluding steroid dienone is 2. The molecule has 1 N–H and O–H groups in total. The normalized spacial score (nSPS) is 14.9. The highest BCUT2D eigenvalue weighted by molar-refractivity contribution is 5.99. The van der Waals surface area contributed by atoms with Crippen molar-refractivity contribution < 1.29 is 9.90 Å². The average molecular weight is 212 g/mol. The predicted octanol–water partition coefficient (Wildman–Crippen LogP) is 3.87. The van der Waals surface area contributed by atoms with Crippen LogP contribution < -0.4 is 0 Å². The minimum Gasteiger partial charge on any atom is -0.511 e. The summed E-state index contributed by atoms with van der Waals surface area (Å²) in [6.07, 6.45) is 0.583. The molecule has 15 heavy (non-hydrogen) atoms. The highest BCUT2D eigenvalue weighted by atomic mass is 16.3. The second kappa shape index (κ2) is 4.38. The lowest BCUT2D eigenvalue weighted by atomic mass is 9.81. The summed E-state index contributed by atoms with van der Waals surface area (Å²) in [5.74, 6) is 0.266. The molecule has 88 valence electrons. The quantitative estimate of drug-likeness (QED) is 0.557. The van der Waals surface area contributed by atoms with Crippen LogP contribution in [0, 0.1) is 10.8 Å². The highest BCUT2D eigenvalue weighted by Crippen LogP contribution is 2.31. The molecule has 0 rings (SSSR count). The minimum atomic E-state index is -0.426. The molecule has 0 aliphatic carbocycles. The third-order valence-electron chi connectivity index (χ3n) is 2.31. The molecule has 0 aromatic heterocycles. The van der Waals surface area contributed by atoms with Crippen LogP contribution in [0.1, 0.15) is 54.9 Å². The van der Waals surface area contributed by atoms with Gasteiger partial charge in [0.15, 0.2) is 5.78 Å². The van der Waals surface area contributed by atoms with Crippen LogP contribution >= 0.6 is 0 Å². The largest absolute Gasteiger partial charge is 0.511 e. The fourth-order valence-corrected chi connectivity index (χ4v) is 1.34. The van der Waals surface area contributed by atoms with Crippen molar-refractivity contribution in [1.29, 1.82) is 0 Å². The fourth-order valence-electron chi connectivity index (χ4n) is 1.34. The number of hydrogen-bond donors (Lipinski definition) is 1. The van der Waals surface area contributed by atoms with Crippen molar-refractivity contribution in [3.63, 3.8) is 0 Å². The van der Waals surface area contributed by atoms with E-state index in [9.17, 15) is 9.90 Å². The average Bonchev–Trinajstić information content (AvgIpc) is 2.01. The van der Waals surface area contributed by atoms with Gasteiger partial charge in [-0.3, -0.25) is 4.79 Å². The summed E-state index contributed by atoms with van der Waals surface area (Å²) < 4.78 is 0. The van der Waals surface area contributed by atoms with Gasteiger partial charge < -0.3 is 5.11 Å². The molecule has 0 aliphatic rings. The van der Waals surface area contributed by atoms with Crippen molar-refractivity contribution in [2.75, 3.05) is 0 Å². The van der Waals surface area contributed by atoms with E-state index in [2.05, 4.69) is 0 Å². The lowest BCUT2D eigenvalue weighted by molar-refractivity contribution is -0.122. The van der Waals surface area contributed by atoms with Crippen LogP contribution in [0.25, 0.3) is 0 Å². The molecule has 2 nitrogen and oxygen atoms in total. The molecule has 0 atom stereocenters. The monoisotopic (exact) mass is 212 g/mol. The maximum absolute atomic E-state index is 12.1. The number of Topliss-reactive ketones (excluding diaryl/α,β-unsaturated/α-hetero) is 1. The third-order valence-corrected chi connectivity index (χ3v) is 2.31. The fraction of sp³-hybridized carbons (Fsp3) is 0.769. The van der Waals surface area contributed by atoms with E-state index in [1.165, 1.54) is 0 Å². The van der Waals surface area contributed by atoms with Gasteiger partial charge in [0, 0.05) is 16.4 Å². The molecule has 0 spiro atoms. The summed E-state index contributed by atoms with van der Waals surface area (Å²) >= 11 is 0. The number of carbonyl (C=O) groups is 1. The van der Waals surface area contributed by atoms with Crippen LogP contribution in [0.2, 0.25) is 0 Å². The van der Waals surface area contributed by atoms with Crippen molar-refractivity contribution in [2.45, 2.75) is 54.9 Å². The lowest BCUT2D eigenvalue weighted by Crippen LogP contribution is -2.25. The second-order valence-corrected chi connectivity index (χ2v) is 6.01. The minimum absolute atomic E-state index is 0.0393. The van der Waals surface area contributed by atoms with Crippen LogP contribution in [0.15, 0.2) is 11.3 Å². The molecule has 0 aromatic rings. The number of rotatable bonds is 2. The van der Waals surface area contributed by atoms with Gasteiger partial charge in [-0.1, -0.05) is 48.5 Å². The highest BCUT2D eigenvalue weighted by Gasteiger charge is 2.30. The summed E-state index contributed by atoms with van der Waals surface area (Å²) in [6, 6.07) is 0. The molecule has 0 unspecified atom stereocenters. The Morgan fingerprint density at radius 2 is 1.40 bits per heavy atom. The van der Waals surface area contributed by atoms with Gasteiger partial charge in [0.2, 0.25) is 0 Å². The second-order valence-electron chi connectivity index (χ2n) is 6.01. The number of hydrogen-bond acceptors (Lipinski definition) is 2. The van der Waals surface area contributed by atoms with E-state index < -0.39 is 5.41 Å². The van der Waals surface area contributed by atoms with E-state index in [1.54, 1.807) is 0 Å². The van der Waals surface area contributed by atoms with Gasteiger partial charge in [0.1, 0.15) is 5.76 Å². The van der Waals surface area contributed by atoms with Gasteiger partial charge in [-0.2, -0.15) is 0 Å². The first kappa shape index (κ1) is 14.2. The maximum atomic E-state index is 12.1. The third kappa shape index (κ3) is 3.69. The van der Waals surface area contributed by atoms with E-state index in [0.29, 0.717) is 12.0 Å². The zero-order valence-corrected chi connectivity index (χ0v) is 11.1. The Labute approximate surface area is 93.4 Å². The number of carbonyl (C=O) groups excluding carboxylic acids is 1. The van der Waals surface area contributed by atoms with Gasteiger partial charge in [-0.25, -0.2) is 0 Å². The summed E-state index contributed by atoms with van der Waals surface area (Å²) in [5.41, 5.74) is -0.216. The molecule has 0 radical (unpaired) electrons. The summed E-state index contributed by atoms with van der Waals surface area (Å²) in [7, 11) is 0. The molecular weight excluding hydrogens is 188 g/mol. The summed E-state index contributed by atoms with van der Waals surface area (Å²) in [6.45, 7) is 13.3. The maximum Gasteiger partial charge on any atom is 0.167 e. The van der Waals surface area contributed by atoms with Gasteiger partial charge in [-0.15, -0.1) is 0 Å². The Kier molecular flexibility index (Phi) is 4.15. The Morgan fingerprint density at radius 3 is 1.60 bits per heavy atom. The van der Waals surface area contributed by atoms with Crippen molar-refractivity contribution >= 4 is 5.78 Å². The smallest absolute Gasteiger partial charge is 0.167 e. The Morgan fingerprint density at radius 1 is 1.00 bits per heavy atom. The Balaban J connectivity index is 5.35. The van der Waals surface area contributed by atoms with E-state index in [-0.39, 0.29) is 17.0 Å². The van der Waals surface area contributed by atoms with E-state index in [4.69, 9.17) is 0 Å². The number of aliphatic hydroxyl groups excluding tert-OH is 1. The van der Waals surface area contributed by atoms with Crippen molar-refractivity contribution in [2.24, 2.45) is 10.8 Å². The topological polar surface area (TPSA) is 37.3 Å². The summed E-state index contributed by atoms with van der Waals surface area (Å²) in [5, 5.41) is 10.0. The van der Waals surface area contributed by atoms with Gasteiger partial charge >= 0.3 is 0 Å². The van der Waals surface area contributed by atoms with E-state index in [0.717, 1.165) is 0 Å². The zero-order chi connectivity index (χ0) is 12.4. The van der Waals surface area contributed by atoms with E-state index >= 15 is 0 Å². The van der Waals surface area contributed by atoms with E-state index in [1.807, 2.05) is 48.5 Å². The van der Waals surface area contributed by atoms with Crippen molar-refractivity contribution in [3.8, 4) is 0 Å². The van der Waals surface area contributed by atoms with Crippen molar-refractivity contribution in [1.82, 2.24) is 0 Å². The van der Waals surface area contributed by atoms with Crippen LogP contribution in [0.3, 0.4) is 0 Å². The SMILES string of the molecule is CC/C(C(=O)C(C)(C)C)=C(/O)C(C)(C)C. The molecule has 0 saturated carbocycles. The molecule has 0 aliphatic heterocycles. The van der Waals surface area contributed by atoms with Gasteiger partial charge in [0.25, 0.3) is 0 Å². The molecule has 0 saturated heterocycles.